The lowest BCUT2D eigenvalue weighted by molar-refractivity contribution is 0.00856. The Hall–Kier alpha value is -0.860. The van der Waals surface area contributed by atoms with Crippen molar-refractivity contribution in [2.75, 3.05) is 13.2 Å². The first-order valence-corrected chi connectivity index (χ1v) is 7.30. The zero-order valence-corrected chi connectivity index (χ0v) is 11.4. The maximum atomic E-state index is 5.81. The highest BCUT2D eigenvalue weighted by atomic mass is 16.5. The van der Waals surface area contributed by atoms with Crippen LogP contribution in [0.1, 0.15) is 50.6 Å². The van der Waals surface area contributed by atoms with E-state index in [1.54, 1.807) is 0 Å². The standard InChI is InChI=1S/C16H25NO/c1-2-17-16(14-8-4-3-5-9-14)12-11-15-10-6-7-13-18-15/h3-5,8-9,15-17H,2,6-7,10-13H2,1H3. The van der Waals surface area contributed by atoms with Gasteiger partial charge >= 0.3 is 0 Å². The zero-order chi connectivity index (χ0) is 12.6. The van der Waals surface area contributed by atoms with Crippen LogP contribution in [-0.2, 0) is 4.74 Å². The quantitative estimate of drug-likeness (QED) is 0.828. The summed E-state index contributed by atoms with van der Waals surface area (Å²) in [5.74, 6) is 0. The maximum Gasteiger partial charge on any atom is 0.0575 e. The number of hydrogen-bond donors (Lipinski definition) is 1. The molecule has 0 amide bonds. The Morgan fingerprint density at radius 3 is 2.78 bits per heavy atom. The average Bonchev–Trinajstić information content (AvgIpc) is 2.45. The second-order valence-electron chi connectivity index (χ2n) is 5.09. The van der Waals surface area contributed by atoms with Gasteiger partial charge in [-0.05, 0) is 44.2 Å². The minimum absolute atomic E-state index is 0.474. The van der Waals surface area contributed by atoms with Crippen LogP contribution < -0.4 is 5.32 Å². The number of hydrogen-bond acceptors (Lipinski definition) is 2. The molecule has 2 heteroatoms. The lowest BCUT2D eigenvalue weighted by atomic mass is 9.97. The van der Waals surface area contributed by atoms with Gasteiger partial charge in [0.2, 0.25) is 0 Å². The molecule has 0 spiro atoms. The van der Waals surface area contributed by atoms with Gasteiger partial charge in [0.25, 0.3) is 0 Å². The summed E-state index contributed by atoms with van der Waals surface area (Å²) in [6.07, 6.45) is 6.65. The van der Waals surface area contributed by atoms with E-state index in [1.165, 1.54) is 37.7 Å². The van der Waals surface area contributed by atoms with Crippen LogP contribution >= 0.6 is 0 Å². The molecule has 18 heavy (non-hydrogen) atoms. The Morgan fingerprint density at radius 2 is 2.11 bits per heavy atom. The van der Waals surface area contributed by atoms with Crippen LogP contribution in [0.3, 0.4) is 0 Å². The van der Waals surface area contributed by atoms with Crippen molar-refractivity contribution >= 4 is 0 Å². The molecular formula is C16H25NO. The summed E-state index contributed by atoms with van der Waals surface area (Å²) in [6, 6.07) is 11.2. The third kappa shape index (κ3) is 4.11. The zero-order valence-electron chi connectivity index (χ0n) is 11.4. The van der Waals surface area contributed by atoms with Crippen LogP contribution in [-0.4, -0.2) is 19.3 Å². The van der Waals surface area contributed by atoms with Crippen molar-refractivity contribution in [3.8, 4) is 0 Å². The van der Waals surface area contributed by atoms with Crippen molar-refractivity contribution in [3.63, 3.8) is 0 Å². The first-order valence-electron chi connectivity index (χ1n) is 7.30. The SMILES string of the molecule is CCNC(CCC1CCCCO1)c1ccccc1. The summed E-state index contributed by atoms with van der Waals surface area (Å²) < 4.78 is 5.81. The smallest absolute Gasteiger partial charge is 0.0575 e. The Bertz CT molecular complexity index is 319. The summed E-state index contributed by atoms with van der Waals surface area (Å²) in [6.45, 7) is 4.15. The fourth-order valence-electron chi connectivity index (χ4n) is 2.71. The molecule has 2 nitrogen and oxygen atoms in total. The molecule has 0 aliphatic carbocycles. The van der Waals surface area contributed by atoms with Gasteiger partial charge in [-0.25, -0.2) is 0 Å². The van der Waals surface area contributed by atoms with Gasteiger partial charge in [-0.1, -0.05) is 37.3 Å². The Kier molecular flexibility index (Phi) is 5.69. The minimum Gasteiger partial charge on any atom is -0.378 e. The molecule has 1 fully saturated rings. The number of ether oxygens (including phenoxy) is 1. The lowest BCUT2D eigenvalue weighted by Crippen LogP contribution is -2.24. The predicted molar refractivity (Wildman–Crippen MR) is 75.7 cm³/mol. The molecule has 1 N–H and O–H groups in total. The highest BCUT2D eigenvalue weighted by molar-refractivity contribution is 5.18. The first kappa shape index (κ1) is 13.6. The van der Waals surface area contributed by atoms with Gasteiger partial charge in [-0.2, -0.15) is 0 Å². The van der Waals surface area contributed by atoms with Crippen LogP contribution in [0.4, 0.5) is 0 Å². The minimum atomic E-state index is 0.474. The number of nitrogens with one attached hydrogen (secondary N) is 1. The van der Waals surface area contributed by atoms with Gasteiger partial charge in [-0.15, -0.1) is 0 Å². The van der Waals surface area contributed by atoms with Crippen LogP contribution in [0.15, 0.2) is 30.3 Å². The van der Waals surface area contributed by atoms with Gasteiger partial charge in [0, 0.05) is 12.6 Å². The molecular weight excluding hydrogens is 222 g/mol. The third-order valence-electron chi connectivity index (χ3n) is 3.70. The molecule has 2 atom stereocenters. The normalized spacial score (nSPS) is 21.7. The van der Waals surface area contributed by atoms with Crippen molar-refractivity contribution in [2.24, 2.45) is 0 Å². The van der Waals surface area contributed by atoms with Crippen LogP contribution in [0, 0.1) is 0 Å². The summed E-state index contributed by atoms with van der Waals surface area (Å²) >= 11 is 0. The number of rotatable bonds is 6. The fourth-order valence-corrected chi connectivity index (χ4v) is 2.71. The van der Waals surface area contributed by atoms with Crippen LogP contribution in [0.25, 0.3) is 0 Å². The summed E-state index contributed by atoms with van der Waals surface area (Å²) in [5, 5.41) is 3.58. The van der Waals surface area contributed by atoms with Crippen molar-refractivity contribution in [3.05, 3.63) is 35.9 Å². The van der Waals surface area contributed by atoms with E-state index in [9.17, 15) is 0 Å². The molecule has 0 aromatic heterocycles. The van der Waals surface area contributed by atoms with Crippen molar-refractivity contribution in [1.82, 2.24) is 5.32 Å². The highest BCUT2D eigenvalue weighted by Gasteiger charge is 2.17. The Labute approximate surface area is 111 Å². The van der Waals surface area contributed by atoms with Crippen LogP contribution in [0.2, 0.25) is 0 Å². The van der Waals surface area contributed by atoms with E-state index in [2.05, 4.69) is 42.6 Å². The van der Waals surface area contributed by atoms with Crippen LogP contribution in [0.5, 0.6) is 0 Å². The van der Waals surface area contributed by atoms with E-state index in [1.807, 2.05) is 0 Å². The van der Waals surface area contributed by atoms with E-state index in [-0.39, 0.29) is 0 Å². The molecule has 0 bridgehead atoms. The lowest BCUT2D eigenvalue weighted by Gasteiger charge is -2.25. The summed E-state index contributed by atoms with van der Waals surface area (Å²) in [4.78, 5) is 0. The predicted octanol–water partition coefficient (Wildman–Crippen LogP) is 3.69. The van der Waals surface area contributed by atoms with E-state index in [0.717, 1.165) is 13.2 Å². The molecule has 1 saturated heterocycles. The van der Waals surface area contributed by atoms with Gasteiger partial charge < -0.3 is 10.1 Å². The monoisotopic (exact) mass is 247 g/mol. The molecule has 1 aromatic rings. The molecule has 1 aromatic carbocycles. The van der Waals surface area contributed by atoms with Gasteiger partial charge in [-0.3, -0.25) is 0 Å². The second-order valence-corrected chi connectivity index (χ2v) is 5.09. The summed E-state index contributed by atoms with van der Waals surface area (Å²) in [5.41, 5.74) is 1.40. The number of benzene rings is 1. The first-order chi connectivity index (χ1) is 8.90. The topological polar surface area (TPSA) is 21.3 Å². The molecule has 1 aliphatic heterocycles. The molecule has 2 rings (SSSR count). The fraction of sp³-hybridized carbons (Fsp3) is 0.625. The molecule has 100 valence electrons. The second kappa shape index (κ2) is 7.55. The van der Waals surface area contributed by atoms with E-state index in [4.69, 9.17) is 4.74 Å². The molecule has 0 radical (unpaired) electrons. The van der Waals surface area contributed by atoms with Crippen molar-refractivity contribution in [1.29, 1.82) is 0 Å². The van der Waals surface area contributed by atoms with E-state index < -0.39 is 0 Å². The van der Waals surface area contributed by atoms with E-state index in [0.29, 0.717) is 12.1 Å². The van der Waals surface area contributed by atoms with Gasteiger partial charge in [0.1, 0.15) is 0 Å². The molecule has 1 aliphatic rings. The summed E-state index contributed by atoms with van der Waals surface area (Å²) in [7, 11) is 0. The molecule has 1 heterocycles. The maximum absolute atomic E-state index is 5.81. The molecule has 0 saturated carbocycles. The third-order valence-corrected chi connectivity index (χ3v) is 3.70. The van der Waals surface area contributed by atoms with E-state index >= 15 is 0 Å². The Morgan fingerprint density at radius 1 is 1.28 bits per heavy atom. The van der Waals surface area contributed by atoms with Crippen molar-refractivity contribution in [2.45, 2.75) is 51.2 Å². The van der Waals surface area contributed by atoms with Gasteiger partial charge in [0.15, 0.2) is 0 Å². The van der Waals surface area contributed by atoms with Crippen molar-refractivity contribution < 1.29 is 4.74 Å². The highest BCUT2D eigenvalue weighted by Crippen LogP contribution is 2.23. The Balaban J connectivity index is 1.86. The largest absolute Gasteiger partial charge is 0.378 e. The van der Waals surface area contributed by atoms with Gasteiger partial charge in [0.05, 0.1) is 6.10 Å². The average molecular weight is 247 g/mol. The molecule has 2 unspecified atom stereocenters.